The normalized spacial score (nSPS) is 11.3. The summed E-state index contributed by atoms with van der Waals surface area (Å²) in [5, 5.41) is 12.5. The molecule has 9 heteroatoms. The molecule has 21 heavy (non-hydrogen) atoms. The van der Waals surface area contributed by atoms with E-state index in [-0.39, 0.29) is 12.1 Å². The lowest BCUT2D eigenvalue weighted by Gasteiger charge is -2.16. The van der Waals surface area contributed by atoms with Crippen LogP contribution in [-0.2, 0) is 6.54 Å². The van der Waals surface area contributed by atoms with Gasteiger partial charge in [0.15, 0.2) is 0 Å². The molecule has 0 aliphatic carbocycles. The number of hydrogen-bond acceptors (Lipinski definition) is 2. The Morgan fingerprint density at radius 1 is 1.24 bits per heavy atom. The van der Waals surface area contributed by atoms with Crippen molar-refractivity contribution >= 4 is 12.0 Å². The van der Waals surface area contributed by atoms with E-state index in [9.17, 15) is 27.2 Å². The summed E-state index contributed by atoms with van der Waals surface area (Å²) in [6.45, 7) is -1.63. The fourth-order valence-corrected chi connectivity index (χ4v) is 1.33. The Hall–Kier alpha value is -2.32. The van der Waals surface area contributed by atoms with E-state index < -0.39 is 30.9 Å². The van der Waals surface area contributed by atoms with E-state index in [1.54, 1.807) is 5.32 Å². The van der Waals surface area contributed by atoms with Gasteiger partial charge in [0, 0.05) is 6.54 Å². The Balaban J connectivity index is 2.47. The molecule has 0 bridgehead atoms. The topological polar surface area (TPSA) is 78.4 Å². The molecular formula is C12H12F4N2O3. The second-order valence-corrected chi connectivity index (χ2v) is 4.10. The van der Waals surface area contributed by atoms with Gasteiger partial charge in [-0.1, -0.05) is 12.1 Å². The van der Waals surface area contributed by atoms with Crippen molar-refractivity contribution in [3.8, 4) is 0 Å². The summed E-state index contributed by atoms with van der Waals surface area (Å²) in [5.41, 5.74) is 0.421. The summed E-state index contributed by atoms with van der Waals surface area (Å²) in [5.74, 6) is -5.46. The summed E-state index contributed by atoms with van der Waals surface area (Å²) >= 11 is 0. The van der Waals surface area contributed by atoms with Crippen LogP contribution in [0.3, 0.4) is 0 Å². The molecule has 116 valence electrons. The van der Waals surface area contributed by atoms with Crippen LogP contribution in [0, 0.1) is 0 Å². The lowest BCUT2D eigenvalue weighted by molar-refractivity contribution is -0.123. The summed E-state index contributed by atoms with van der Waals surface area (Å²) in [7, 11) is 0. The van der Waals surface area contributed by atoms with Gasteiger partial charge < -0.3 is 15.7 Å². The molecule has 0 spiro atoms. The van der Waals surface area contributed by atoms with Crippen molar-refractivity contribution in [1.82, 2.24) is 10.6 Å². The lowest BCUT2D eigenvalue weighted by Crippen LogP contribution is -2.45. The van der Waals surface area contributed by atoms with Gasteiger partial charge in [0.05, 0.1) is 12.1 Å². The van der Waals surface area contributed by atoms with Crippen LogP contribution in [0.25, 0.3) is 0 Å². The number of benzene rings is 1. The van der Waals surface area contributed by atoms with E-state index >= 15 is 0 Å². The molecule has 3 N–H and O–H groups in total. The number of amides is 2. The van der Waals surface area contributed by atoms with E-state index in [1.807, 2.05) is 0 Å². The predicted octanol–water partition coefficient (Wildman–Crippen LogP) is 2.08. The fourth-order valence-electron chi connectivity index (χ4n) is 1.33. The van der Waals surface area contributed by atoms with Crippen LogP contribution in [-0.4, -0.2) is 36.0 Å². The minimum absolute atomic E-state index is 0.000980. The highest BCUT2D eigenvalue weighted by Gasteiger charge is 2.40. The van der Waals surface area contributed by atoms with Gasteiger partial charge in [0.1, 0.15) is 0 Å². The molecule has 0 heterocycles. The maximum atomic E-state index is 12.6. The van der Waals surface area contributed by atoms with Crippen LogP contribution in [0.15, 0.2) is 24.3 Å². The van der Waals surface area contributed by atoms with Gasteiger partial charge in [-0.05, 0) is 17.7 Å². The van der Waals surface area contributed by atoms with Crippen molar-refractivity contribution in [1.29, 1.82) is 0 Å². The van der Waals surface area contributed by atoms with E-state index in [0.717, 1.165) is 0 Å². The smallest absolute Gasteiger partial charge is 0.335 e. The van der Waals surface area contributed by atoms with Crippen molar-refractivity contribution < 1.29 is 32.3 Å². The van der Waals surface area contributed by atoms with Crippen LogP contribution in [0.1, 0.15) is 15.9 Å². The zero-order chi connectivity index (χ0) is 16.0. The third kappa shape index (κ3) is 5.28. The third-order valence-electron chi connectivity index (χ3n) is 2.43. The number of rotatable bonds is 6. The number of aromatic carboxylic acids is 1. The summed E-state index contributed by atoms with van der Waals surface area (Å²) in [4.78, 5) is 21.9. The zero-order valence-corrected chi connectivity index (χ0v) is 10.6. The molecule has 1 aromatic rings. The number of carbonyl (C=O) groups excluding carboxylic acids is 1. The van der Waals surface area contributed by atoms with Crippen LogP contribution in [0.5, 0.6) is 0 Å². The highest BCUT2D eigenvalue weighted by molar-refractivity contribution is 5.87. The Labute approximate surface area is 117 Å². The molecule has 0 atom stereocenters. The van der Waals surface area contributed by atoms with Crippen LogP contribution in [0.4, 0.5) is 22.4 Å². The second-order valence-electron chi connectivity index (χ2n) is 4.10. The number of nitrogens with one attached hydrogen (secondary N) is 2. The molecule has 1 aromatic carbocycles. The molecule has 0 aliphatic rings. The Bertz CT molecular complexity index is 523. The van der Waals surface area contributed by atoms with Crippen LogP contribution < -0.4 is 10.6 Å². The first-order chi connectivity index (χ1) is 9.72. The van der Waals surface area contributed by atoms with Crippen LogP contribution >= 0.6 is 0 Å². The Morgan fingerprint density at radius 2 is 1.90 bits per heavy atom. The van der Waals surface area contributed by atoms with Crippen molar-refractivity contribution in [2.24, 2.45) is 0 Å². The minimum atomic E-state index is -4.30. The first-order valence-corrected chi connectivity index (χ1v) is 5.72. The monoisotopic (exact) mass is 308 g/mol. The number of carbonyl (C=O) groups is 2. The molecular weight excluding hydrogens is 296 g/mol. The predicted molar refractivity (Wildman–Crippen MR) is 64.6 cm³/mol. The maximum absolute atomic E-state index is 12.6. The number of halogens is 4. The second kappa shape index (κ2) is 6.91. The summed E-state index contributed by atoms with van der Waals surface area (Å²) < 4.78 is 48.8. The van der Waals surface area contributed by atoms with Gasteiger partial charge in [-0.3, -0.25) is 0 Å². The van der Waals surface area contributed by atoms with Crippen LogP contribution in [0.2, 0.25) is 0 Å². The molecule has 0 fully saturated rings. The maximum Gasteiger partial charge on any atom is 0.335 e. The van der Waals surface area contributed by atoms with E-state index in [2.05, 4.69) is 5.32 Å². The fraction of sp³-hybridized carbons (Fsp3) is 0.333. The molecule has 0 aliphatic heterocycles. The molecule has 0 unspecified atom stereocenters. The van der Waals surface area contributed by atoms with Gasteiger partial charge in [0.2, 0.25) is 0 Å². The average Bonchev–Trinajstić information content (AvgIpc) is 2.43. The number of carboxylic acid groups (broad SMARTS) is 1. The van der Waals surface area contributed by atoms with Gasteiger partial charge in [0.25, 0.3) is 0 Å². The van der Waals surface area contributed by atoms with Crippen molar-refractivity contribution in [2.45, 2.75) is 18.9 Å². The van der Waals surface area contributed by atoms with Crippen molar-refractivity contribution in [2.75, 3.05) is 6.54 Å². The van der Waals surface area contributed by atoms with Gasteiger partial charge >= 0.3 is 24.3 Å². The highest BCUT2D eigenvalue weighted by atomic mass is 19.3. The first kappa shape index (κ1) is 16.7. The highest BCUT2D eigenvalue weighted by Crippen LogP contribution is 2.21. The van der Waals surface area contributed by atoms with E-state index in [0.29, 0.717) is 5.56 Å². The Morgan fingerprint density at radius 3 is 2.48 bits per heavy atom. The lowest BCUT2D eigenvalue weighted by atomic mass is 10.1. The molecule has 0 saturated carbocycles. The molecule has 0 radical (unpaired) electrons. The van der Waals surface area contributed by atoms with Gasteiger partial charge in [-0.2, -0.15) is 8.78 Å². The molecule has 0 aromatic heterocycles. The molecule has 1 rings (SSSR count). The van der Waals surface area contributed by atoms with Crippen molar-refractivity contribution in [3.63, 3.8) is 0 Å². The zero-order valence-electron chi connectivity index (χ0n) is 10.6. The first-order valence-electron chi connectivity index (χ1n) is 5.72. The molecule has 2 amide bonds. The van der Waals surface area contributed by atoms with E-state index in [1.165, 1.54) is 24.3 Å². The third-order valence-corrected chi connectivity index (χ3v) is 2.43. The number of urea groups is 1. The average molecular weight is 308 g/mol. The quantitative estimate of drug-likeness (QED) is 0.704. The largest absolute Gasteiger partial charge is 0.478 e. The minimum Gasteiger partial charge on any atom is -0.478 e. The SMILES string of the molecule is O=C(NCc1cccc(C(=O)O)c1)NCC(F)(F)C(F)F. The standard InChI is InChI=1S/C12H12F4N2O3/c13-10(14)12(15,16)6-18-11(21)17-5-7-2-1-3-8(4-7)9(19)20/h1-4,10H,5-6H2,(H,19,20)(H2,17,18,21). The summed E-state index contributed by atoms with van der Waals surface area (Å²) in [6, 6.07) is 4.53. The molecule has 5 nitrogen and oxygen atoms in total. The number of alkyl halides is 4. The molecule has 0 saturated heterocycles. The number of hydrogen-bond donors (Lipinski definition) is 3. The van der Waals surface area contributed by atoms with Crippen molar-refractivity contribution in [3.05, 3.63) is 35.4 Å². The summed E-state index contributed by atoms with van der Waals surface area (Å²) in [6.07, 6.45) is -3.87. The number of carboxylic acids is 1. The van der Waals surface area contributed by atoms with Gasteiger partial charge in [-0.25, -0.2) is 18.4 Å². The van der Waals surface area contributed by atoms with E-state index in [4.69, 9.17) is 5.11 Å². The van der Waals surface area contributed by atoms with Gasteiger partial charge in [-0.15, -0.1) is 0 Å². The Kier molecular flexibility index (Phi) is 5.51.